The van der Waals surface area contributed by atoms with Gasteiger partial charge in [0.25, 0.3) is 0 Å². The number of rotatable bonds is 0. The molecule has 0 aromatic heterocycles. The van der Waals surface area contributed by atoms with E-state index in [9.17, 15) is 9.66 Å². The first-order valence-corrected chi connectivity index (χ1v) is 4.71. The predicted octanol–water partition coefficient (Wildman–Crippen LogP) is 0.489. The van der Waals surface area contributed by atoms with Crippen molar-refractivity contribution >= 4 is 16.7 Å². The van der Waals surface area contributed by atoms with Gasteiger partial charge in [-0.3, -0.25) is 0 Å². The minimum Gasteiger partial charge on any atom is -0.857 e. The maximum atomic E-state index is 11.2. The molecule has 0 saturated carbocycles. The van der Waals surface area contributed by atoms with Crippen molar-refractivity contribution < 1.29 is 14.2 Å². The van der Waals surface area contributed by atoms with Crippen LogP contribution in [0, 0.1) is 0 Å². The second kappa shape index (κ2) is 2.22. The van der Waals surface area contributed by atoms with Gasteiger partial charge in [-0.25, -0.2) is 15.2 Å². The van der Waals surface area contributed by atoms with E-state index in [0.29, 0.717) is 0 Å². The molecule has 1 N–H and O–H groups in total. The third kappa shape index (κ3) is 0.911. The summed E-state index contributed by atoms with van der Waals surface area (Å²) in [6, 6.07) is 6.16. The van der Waals surface area contributed by atoms with E-state index in [1.165, 1.54) is 12.1 Å². The Bertz CT molecular complexity index is 361. The monoisotopic (exact) mass is 183 g/mol. The van der Waals surface area contributed by atoms with Crippen LogP contribution in [0.4, 0.5) is 0 Å². The molecule has 1 aromatic carbocycles. The number of fused-ring (bicyclic) bond motifs is 1. The van der Waals surface area contributed by atoms with Gasteiger partial charge >= 0.3 is 0 Å². The number of nitrogens with zero attached hydrogens (tertiary/aromatic N) is 1. The fourth-order valence-electron chi connectivity index (χ4n) is 1.09. The summed E-state index contributed by atoms with van der Waals surface area (Å²) >= 11 is 0. The molecule has 1 aliphatic heterocycles. The van der Waals surface area contributed by atoms with Crippen molar-refractivity contribution in [3.05, 3.63) is 29.8 Å². The van der Waals surface area contributed by atoms with Gasteiger partial charge in [-0.05, 0) is 6.07 Å². The van der Waals surface area contributed by atoms with Gasteiger partial charge in [0.2, 0.25) is 0 Å². The average molecular weight is 183 g/mol. The third-order valence-electron chi connectivity index (χ3n) is 1.61. The van der Waals surface area contributed by atoms with Gasteiger partial charge in [0.05, 0.1) is 4.90 Å². The van der Waals surface area contributed by atoms with Crippen LogP contribution >= 0.6 is 10.8 Å². The Morgan fingerprint density at radius 2 is 2.00 bits per heavy atom. The number of hydrogen-bond donors (Lipinski definition) is 1. The van der Waals surface area contributed by atoms with Crippen LogP contribution in [-0.2, 0) is 0 Å². The molecular weight excluding hydrogens is 178 g/mol. The minimum atomic E-state index is -3.43. The summed E-state index contributed by atoms with van der Waals surface area (Å²) in [5.41, 5.74) is 0.227. The van der Waals surface area contributed by atoms with Crippen LogP contribution in [0.15, 0.2) is 33.6 Å². The molecule has 0 fully saturated rings. The lowest BCUT2D eigenvalue weighted by Gasteiger charge is -2.37. The Labute approximate surface area is 70.7 Å². The summed E-state index contributed by atoms with van der Waals surface area (Å²) in [6.07, 6.45) is 0. The maximum absolute atomic E-state index is 11.2. The molecular formula is C7H5NO3S-2. The van der Waals surface area contributed by atoms with E-state index in [4.69, 9.17) is 4.55 Å². The number of benzene rings is 1. The Hall–Kier alpha value is -1.04. The molecule has 0 radical (unpaired) electrons. The van der Waals surface area contributed by atoms with Gasteiger partial charge in [0.15, 0.2) is 0 Å². The Kier molecular flexibility index (Phi) is 1.41. The van der Waals surface area contributed by atoms with E-state index in [1.54, 1.807) is 12.1 Å². The fraction of sp³-hybridized carbons (Fsp3) is 0. The maximum Gasteiger partial charge on any atom is 0.0505 e. The molecule has 0 amide bonds. The summed E-state index contributed by atoms with van der Waals surface area (Å²) < 4.78 is 23.5. The molecule has 0 spiro atoms. The second-order valence-corrected chi connectivity index (χ2v) is 4.00. The molecule has 1 aliphatic rings. The highest BCUT2D eigenvalue weighted by atomic mass is 32.3. The summed E-state index contributed by atoms with van der Waals surface area (Å²) in [7, 11) is -3.43. The van der Waals surface area contributed by atoms with E-state index in [-0.39, 0.29) is 10.5 Å². The highest BCUT2D eigenvalue weighted by Crippen LogP contribution is 2.54. The van der Waals surface area contributed by atoms with Crippen molar-refractivity contribution in [1.82, 2.24) is 0 Å². The average Bonchev–Trinajstić information content (AvgIpc) is 2.25. The highest BCUT2D eigenvalue weighted by molar-refractivity contribution is 8.23. The van der Waals surface area contributed by atoms with Gasteiger partial charge < -0.3 is 14.2 Å². The smallest absolute Gasteiger partial charge is 0.0505 e. The van der Waals surface area contributed by atoms with Gasteiger partial charge in [0, 0.05) is 11.5 Å². The van der Waals surface area contributed by atoms with E-state index in [1.807, 2.05) is 0 Å². The summed E-state index contributed by atoms with van der Waals surface area (Å²) in [5, 5.41) is 11.0. The lowest BCUT2D eigenvalue weighted by atomic mass is 10.2. The molecule has 2 rings (SSSR count). The lowest BCUT2D eigenvalue weighted by molar-refractivity contribution is -0.212. The number of hydrogen-bond acceptors (Lipinski definition) is 4. The van der Waals surface area contributed by atoms with Crippen molar-refractivity contribution in [2.24, 2.45) is 4.40 Å². The van der Waals surface area contributed by atoms with Crippen molar-refractivity contribution in [3.63, 3.8) is 0 Å². The zero-order chi connectivity index (χ0) is 8.77. The molecule has 0 saturated heterocycles. The second-order valence-electron chi connectivity index (χ2n) is 2.39. The largest absolute Gasteiger partial charge is 0.857 e. The molecule has 4 nitrogen and oxygen atoms in total. The van der Waals surface area contributed by atoms with Crippen molar-refractivity contribution in [2.75, 3.05) is 0 Å². The highest BCUT2D eigenvalue weighted by Gasteiger charge is 2.16. The zero-order valence-corrected chi connectivity index (χ0v) is 6.75. The van der Waals surface area contributed by atoms with Gasteiger partial charge in [0.1, 0.15) is 0 Å². The quantitative estimate of drug-likeness (QED) is 0.635. The van der Waals surface area contributed by atoms with Crippen LogP contribution in [0.2, 0.25) is 0 Å². The molecule has 1 atom stereocenters. The molecule has 12 heavy (non-hydrogen) atoms. The topological polar surface area (TPSA) is 78.7 Å². The van der Waals surface area contributed by atoms with Crippen LogP contribution in [0.5, 0.6) is 0 Å². The van der Waals surface area contributed by atoms with E-state index >= 15 is 0 Å². The van der Waals surface area contributed by atoms with Gasteiger partial charge in [-0.15, -0.1) is 0 Å². The van der Waals surface area contributed by atoms with Crippen molar-refractivity contribution in [2.45, 2.75) is 4.90 Å². The van der Waals surface area contributed by atoms with E-state index in [2.05, 4.69) is 4.40 Å². The zero-order valence-electron chi connectivity index (χ0n) is 5.93. The van der Waals surface area contributed by atoms with Crippen molar-refractivity contribution in [3.8, 4) is 0 Å². The van der Waals surface area contributed by atoms with Gasteiger partial charge in [-0.2, -0.15) is 0 Å². The summed E-state index contributed by atoms with van der Waals surface area (Å²) in [6.45, 7) is 0. The van der Waals surface area contributed by atoms with Crippen LogP contribution in [0.25, 0.3) is 0 Å². The fourth-order valence-corrected chi connectivity index (χ4v) is 2.21. The van der Waals surface area contributed by atoms with Crippen LogP contribution in [0.1, 0.15) is 5.56 Å². The molecule has 1 aromatic rings. The molecule has 5 heteroatoms. The van der Waals surface area contributed by atoms with Gasteiger partial charge in [-0.1, -0.05) is 18.2 Å². The van der Waals surface area contributed by atoms with Crippen LogP contribution in [-0.4, -0.2) is 15.0 Å². The van der Waals surface area contributed by atoms with E-state index in [0.717, 1.165) is 0 Å². The Balaban J connectivity index is 2.68. The van der Waals surface area contributed by atoms with Crippen molar-refractivity contribution in [1.29, 1.82) is 0 Å². The Morgan fingerprint density at radius 3 is 2.67 bits per heavy atom. The molecule has 1 unspecified atom stereocenters. The summed E-state index contributed by atoms with van der Waals surface area (Å²) in [5.74, 6) is -0.613. The summed E-state index contributed by atoms with van der Waals surface area (Å²) in [4.78, 5) is 0.120. The standard InChI is InChI=1S/C7H7NO3S/c9-7-5-3-1-2-4-6(5)12(10,11)8-7/h1-4,10-11H,(H,8,9)/p-2. The van der Waals surface area contributed by atoms with Crippen LogP contribution in [0.3, 0.4) is 0 Å². The predicted molar refractivity (Wildman–Crippen MR) is 42.2 cm³/mol. The molecule has 64 valence electrons. The van der Waals surface area contributed by atoms with E-state index < -0.39 is 16.7 Å². The molecule has 0 aliphatic carbocycles. The molecule has 0 bridgehead atoms. The Morgan fingerprint density at radius 1 is 1.33 bits per heavy atom. The third-order valence-corrected chi connectivity index (χ3v) is 2.95. The first-order chi connectivity index (χ1) is 5.61. The first-order valence-electron chi connectivity index (χ1n) is 3.24. The first kappa shape index (κ1) is 7.60. The minimum absolute atomic E-state index is 0.120. The van der Waals surface area contributed by atoms with Crippen LogP contribution < -0.4 is 5.11 Å². The SMILES string of the molecule is [O-]C1=NS([O-])(O)c2ccccc21. The lowest BCUT2D eigenvalue weighted by Crippen LogP contribution is -2.15. The molecule has 1 heterocycles. The normalized spacial score (nSPS) is 32.0.